The van der Waals surface area contributed by atoms with Crippen LogP contribution >= 0.6 is 0 Å². The van der Waals surface area contributed by atoms with E-state index < -0.39 is 0 Å². The molecule has 0 radical (unpaired) electrons. The lowest BCUT2D eigenvalue weighted by atomic mass is 10.1. The molecule has 0 spiro atoms. The quantitative estimate of drug-likeness (QED) is 0.785. The van der Waals surface area contributed by atoms with Crippen molar-refractivity contribution in [1.29, 1.82) is 0 Å². The molecule has 0 fully saturated rings. The highest BCUT2D eigenvalue weighted by molar-refractivity contribution is 5.30. The molecule has 0 aromatic carbocycles. The van der Waals surface area contributed by atoms with Gasteiger partial charge in [0.25, 0.3) is 0 Å². The lowest BCUT2D eigenvalue weighted by molar-refractivity contribution is 0.404. The predicted molar refractivity (Wildman–Crippen MR) is 60.2 cm³/mol. The maximum absolute atomic E-state index is 5.89. The summed E-state index contributed by atoms with van der Waals surface area (Å²) < 4.78 is 1.98. The molecule has 1 rings (SSSR count). The van der Waals surface area contributed by atoms with Crippen LogP contribution in [0.3, 0.4) is 0 Å². The summed E-state index contributed by atoms with van der Waals surface area (Å²) in [5, 5.41) is 4.43. The lowest BCUT2D eigenvalue weighted by Gasteiger charge is -2.16. The number of nitrogens with two attached hydrogens (primary N) is 1. The molecular weight excluding hydrogens is 174 g/mol. The van der Waals surface area contributed by atoms with Crippen LogP contribution in [0, 0.1) is 6.92 Å². The molecule has 1 atom stereocenters. The van der Waals surface area contributed by atoms with Crippen molar-refractivity contribution in [3.05, 3.63) is 11.8 Å². The van der Waals surface area contributed by atoms with Gasteiger partial charge in [-0.3, -0.25) is 0 Å². The molecule has 1 aromatic rings. The summed E-state index contributed by atoms with van der Waals surface area (Å²) in [7, 11) is 0. The molecule has 0 aliphatic carbocycles. The molecule has 0 saturated heterocycles. The minimum atomic E-state index is 0.476. The van der Waals surface area contributed by atoms with Gasteiger partial charge in [-0.1, -0.05) is 26.7 Å². The Labute approximate surface area is 86.3 Å². The van der Waals surface area contributed by atoms with Crippen molar-refractivity contribution in [2.75, 3.05) is 5.73 Å². The normalized spacial score (nSPS) is 13.1. The van der Waals surface area contributed by atoms with E-state index >= 15 is 0 Å². The summed E-state index contributed by atoms with van der Waals surface area (Å²) in [6, 6.07) is 2.41. The number of aryl methyl sites for hydroxylation is 1. The maximum atomic E-state index is 5.89. The molecule has 14 heavy (non-hydrogen) atoms. The van der Waals surface area contributed by atoms with E-state index in [9.17, 15) is 0 Å². The Morgan fingerprint density at radius 1 is 1.50 bits per heavy atom. The number of nitrogens with zero attached hydrogens (tertiary/aromatic N) is 2. The second-order valence-electron chi connectivity index (χ2n) is 3.86. The minimum absolute atomic E-state index is 0.476. The average molecular weight is 195 g/mol. The van der Waals surface area contributed by atoms with E-state index in [2.05, 4.69) is 18.9 Å². The number of hydrogen-bond donors (Lipinski definition) is 1. The van der Waals surface area contributed by atoms with Gasteiger partial charge in [-0.15, -0.1) is 0 Å². The van der Waals surface area contributed by atoms with Crippen molar-refractivity contribution in [2.24, 2.45) is 0 Å². The average Bonchev–Trinajstić information content (AvgIpc) is 2.47. The van der Waals surface area contributed by atoms with E-state index in [1.54, 1.807) is 0 Å². The fourth-order valence-electron chi connectivity index (χ4n) is 1.77. The van der Waals surface area contributed by atoms with Crippen LogP contribution < -0.4 is 5.73 Å². The molecule has 1 aromatic heterocycles. The van der Waals surface area contributed by atoms with Crippen molar-refractivity contribution in [3.63, 3.8) is 0 Å². The molecule has 0 amide bonds. The molecule has 3 nitrogen and oxygen atoms in total. The molecule has 80 valence electrons. The highest BCUT2D eigenvalue weighted by Crippen LogP contribution is 2.21. The van der Waals surface area contributed by atoms with Gasteiger partial charge >= 0.3 is 0 Å². The molecule has 0 aliphatic heterocycles. The molecule has 3 heteroatoms. The van der Waals surface area contributed by atoms with Crippen LogP contribution in [0.15, 0.2) is 6.07 Å². The van der Waals surface area contributed by atoms with E-state index in [-0.39, 0.29) is 0 Å². The maximum Gasteiger partial charge on any atom is 0.122 e. The summed E-state index contributed by atoms with van der Waals surface area (Å²) >= 11 is 0. The highest BCUT2D eigenvalue weighted by atomic mass is 15.3. The highest BCUT2D eigenvalue weighted by Gasteiger charge is 2.12. The van der Waals surface area contributed by atoms with E-state index in [0.717, 1.165) is 17.9 Å². The first-order chi connectivity index (χ1) is 6.69. The van der Waals surface area contributed by atoms with Crippen LogP contribution in [0.5, 0.6) is 0 Å². The van der Waals surface area contributed by atoms with Gasteiger partial charge in [-0.2, -0.15) is 5.10 Å². The van der Waals surface area contributed by atoms with E-state index in [1.165, 1.54) is 19.3 Å². The van der Waals surface area contributed by atoms with Gasteiger partial charge < -0.3 is 5.73 Å². The van der Waals surface area contributed by atoms with E-state index in [1.807, 2.05) is 17.7 Å². The first-order valence-electron chi connectivity index (χ1n) is 5.50. The van der Waals surface area contributed by atoms with Crippen LogP contribution in [0.4, 0.5) is 5.82 Å². The summed E-state index contributed by atoms with van der Waals surface area (Å²) in [4.78, 5) is 0. The predicted octanol–water partition coefficient (Wildman–Crippen LogP) is 2.92. The van der Waals surface area contributed by atoms with E-state index in [0.29, 0.717) is 6.04 Å². The molecule has 1 unspecified atom stereocenters. The number of hydrogen-bond acceptors (Lipinski definition) is 2. The molecule has 0 saturated carbocycles. The summed E-state index contributed by atoms with van der Waals surface area (Å²) in [5.74, 6) is 0.797. The van der Waals surface area contributed by atoms with Crippen LogP contribution in [0.2, 0.25) is 0 Å². The Bertz CT molecular complexity index is 278. The van der Waals surface area contributed by atoms with Crippen LogP contribution in [0.1, 0.15) is 51.3 Å². The van der Waals surface area contributed by atoms with Crippen molar-refractivity contribution in [1.82, 2.24) is 9.78 Å². The zero-order valence-electron chi connectivity index (χ0n) is 9.45. The number of anilines is 1. The van der Waals surface area contributed by atoms with Gasteiger partial charge in [-0.25, -0.2) is 4.68 Å². The Morgan fingerprint density at radius 2 is 2.21 bits per heavy atom. The third-order valence-electron chi connectivity index (χ3n) is 2.59. The fraction of sp³-hybridized carbons (Fsp3) is 0.727. The minimum Gasteiger partial charge on any atom is -0.384 e. The SMILES string of the molecule is CCCCC(CC)n1nc(C)cc1N. The third-order valence-corrected chi connectivity index (χ3v) is 2.59. The van der Waals surface area contributed by atoms with Gasteiger partial charge in [-0.05, 0) is 19.8 Å². The first kappa shape index (κ1) is 11.1. The van der Waals surface area contributed by atoms with Crippen molar-refractivity contribution >= 4 is 5.82 Å². The second kappa shape index (κ2) is 5.03. The zero-order chi connectivity index (χ0) is 10.6. The van der Waals surface area contributed by atoms with Gasteiger partial charge in [0.2, 0.25) is 0 Å². The summed E-state index contributed by atoms with van der Waals surface area (Å²) in [6.07, 6.45) is 4.76. The molecule has 0 aliphatic rings. The van der Waals surface area contributed by atoms with Crippen molar-refractivity contribution < 1.29 is 0 Å². The smallest absolute Gasteiger partial charge is 0.122 e. The first-order valence-corrected chi connectivity index (χ1v) is 5.50. The van der Waals surface area contributed by atoms with Gasteiger partial charge in [0, 0.05) is 6.07 Å². The van der Waals surface area contributed by atoms with Crippen molar-refractivity contribution in [2.45, 2.75) is 52.5 Å². The Morgan fingerprint density at radius 3 is 2.64 bits per heavy atom. The zero-order valence-corrected chi connectivity index (χ0v) is 9.45. The van der Waals surface area contributed by atoms with Crippen molar-refractivity contribution in [3.8, 4) is 0 Å². The fourth-order valence-corrected chi connectivity index (χ4v) is 1.77. The number of nitrogen functional groups attached to an aromatic ring is 1. The topological polar surface area (TPSA) is 43.8 Å². The number of aromatic nitrogens is 2. The Kier molecular flexibility index (Phi) is 3.98. The molecular formula is C11H21N3. The van der Waals surface area contributed by atoms with E-state index in [4.69, 9.17) is 5.73 Å². The molecule has 2 N–H and O–H groups in total. The van der Waals surface area contributed by atoms with Gasteiger partial charge in [0.1, 0.15) is 5.82 Å². The van der Waals surface area contributed by atoms with Crippen LogP contribution in [-0.2, 0) is 0 Å². The summed E-state index contributed by atoms with van der Waals surface area (Å²) in [6.45, 7) is 6.39. The standard InChI is InChI=1S/C11H21N3/c1-4-6-7-10(5-2)14-11(12)8-9(3)13-14/h8,10H,4-7,12H2,1-3H3. The third kappa shape index (κ3) is 2.50. The Balaban J connectivity index is 2.72. The molecule has 0 bridgehead atoms. The van der Waals surface area contributed by atoms with Gasteiger partial charge in [0.05, 0.1) is 11.7 Å². The monoisotopic (exact) mass is 195 g/mol. The molecule has 1 heterocycles. The van der Waals surface area contributed by atoms with Crippen LogP contribution in [0.25, 0.3) is 0 Å². The Hall–Kier alpha value is -0.990. The summed E-state index contributed by atoms with van der Waals surface area (Å²) in [5.41, 5.74) is 6.90. The number of unbranched alkanes of at least 4 members (excludes halogenated alkanes) is 1. The second-order valence-corrected chi connectivity index (χ2v) is 3.86. The van der Waals surface area contributed by atoms with Gasteiger partial charge in [0.15, 0.2) is 0 Å². The largest absolute Gasteiger partial charge is 0.384 e. The number of rotatable bonds is 5. The van der Waals surface area contributed by atoms with Crippen LogP contribution in [-0.4, -0.2) is 9.78 Å². The lowest BCUT2D eigenvalue weighted by Crippen LogP contribution is -2.12.